The van der Waals surface area contributed by atoms with Crippen LogP contribution in [0, 0.1) is 22.0 Å². The van der Waals surface area contributed by atoms with E-state index in [1.165, 1.54) is 34.6 Å². The van der Waals surface area contributed by atoms with Crippen LogP contribution in [0.4, 0.5) is 5.69 Å². The number of nitrogens with one attached hydrogen (secondary N) is 1. The van der Waals surface area contributed by atoms with Gasteiger partial charge in [0, 0.05) is 31.3 Å². The van der Waals surface area contributed by atoms with Gasteiger partial charge in [-0.1, -0.05) is 6.58 Å². The number of nitro benzene ring substituents is 1. The minimum absolute atomic E-state index is 0.0599. The number of amides is 1. The maximum Gasteiger partial charge on any atom is 0.269 e. The van der Waals surface area contributed by atoms with E-state index in [1.807, 2.05) is 0 Å². The highest BCUT2D eigenvalue weighted by molar-refractivity contribution is 7.89. The van der Waals surface area contributed by atoms with Crippen LogP contribution >= 0.6 is 0 Å². The number of rotatable bonds is 5. The van der Waals surface area contributed by atoms with E-state index in [1.54, 1.807) is 0 Å². The zero-order chi connectivity index (χ0) is 18.2. The summed E-state index contributed by atoms with van der Waals surface area (Å²) >= 11 is 0. The number of carbonyl (C=O) groups excluding carboxylic acids is 1. The number of nitro groups is 1. The second-order valence-electron chi connectivity index (χ2n) is 6.47. The standard InChI is InChI=1S/C16H19N3O5S/c1-2-16(20)17-13-7-11-9-18(10-12(11)8-13)25(23,24)15-5-3-14(4-6-15)19(21)22/h2-6,11-13H,1,7-10H2,(H,17,20). The Kier molecular flexibility index (Phi) is 4.61. The molecule has 1 N–H and O–H groups in total. The third-order valence-electron chi connectivity index (χ3n) is 4.93. The van der Waals surface area contributed by atoms with Crippen molar-refractivity contribution < 1.29 is 18.1 Å². The molecule has 1 aromatic carbocycles. The summed E-state index contributed by atoms with van der Waals surface area (Å²) < 4.78 is 26.9. The van der Waals surface area contributed by atoms with Crippen LogP contribution in [-0.4, -0.2) is 42.7 Å². The molecular formula is C16H19N3O5S. The number of fused-ring (bicyclic) bond motifs is 1. The molecule has 1 aromatic rings. The van der Waals surface area contributed by atoms with Gasteiger partial charge >= 0.3 is 0 Å². The van der Waals surface area contributed by atoms with Crippen molar-refractivity contribution in [3.05, 3.63) is 47.0 Å². The summed E-state index contributed by atoms with van der Waals surface area (Å²) in [4.78, 5) is 21.6. The number of carbonyl (C=O) groups is 1. The van der Waals surface area contributed by atoms with Gasteiger partial charge in [-0.25, -0.2) is 8.42 Å². The van der Waals surface area contributed by atoms with Gasteiger partial charge in [-0.05, 0) is 42.9 Å². The summed E-state index contributed by atoms with van der Waals surface area (Å²) in [5.74, 6) is 0.214. The average molecular weight is 365 g/mol. The van der Waals surface area contributed by atoms with E-state index in [2.05, 4.69) is 11.9 Å². The lowest BCUT2D eigenvalue weighted by atomic mass is 10.0. The first-order chi connectivity index (χ1) is 11.8. The van der Waals surface area contributed by atoms with Crippen molar-refractivity contribution in [1.82, 2.24) is 9.62 Å². The fourth-order valence-electron chi connectivity index (χ4n) is 3.72. The molecule has 0 radical (unpaired) electrons. The van der Waals surface area contributed by atoms with Crippen molar-refractivity contribution in [3.63, 3.8) is 0 Å². The van der Waals surface area contributed by atoms with Crippen LogP contribution in [0.25, 0.3) is 0 Å². The number of non-ortho nitro benzene ring substituents is 1. The van der Waals surface area contributed by atoms with E-state index in [9.17, 15) is 23.3 Å². The molecule has 1 aliphatic heterocycles. The minimum atomic E-state index is -3.66. The van der Waals surface area contributed by atoms with Crippen LogP contribution < -0.4 is 5.32 Å². The Labute approximate surface area is 145 Å². The minimum Gasteiger partial charge on any atom is -0.350 e. The van der Waals surface area contributed by atoms with E-state index in [0.29, 0.717) is 13.1 Å². The Morgan fingerprint density at radius 3 is 2.28 bits per heavy atom. The average Bonchev–Trinajstić information content (AvgIpc) is 3.13. The highest BCUT2D eigenvalue weighted by atomic mass is 32.2. The van der Waals surface area contributed by atoms with E-state index in [4.69, 9.17) is 0 Å². The lowest BCUT2D eigenvalue weighted by Crippen LogP contribution is -2.35. The van der Waals surface area contributed by atoms with Gasteiger partial charge in [0.05, 0.1) is 9.82 Å². The number of sulfonamides is 1. The molecule has 0 aromatic heterocycles. The fourth-order valence-corrected chi connectivity index (χ4v) is 5.27. The van der Waals surface area contributed by atoms with Crippen molar-refractivity contribution in [3.8, 4) is 0 Å². The molecule has 3 rings (SSSR count). The predicted octanol–water partition coefficient (Wildman–Crippen LogP) is 1.30. The molecule has 25 heavy (non-hydrogen) atoms. The van der Waals surface area contributed by atoms with Crippen molar-refractivity contribution in [2.45, 2.75) is 23.8 Å². The normalized spacial score (nSPS) is 26.2. The third kappa shape index (κ3) is 3.42. The molecule has 1 saturated heterocycles. The summed E-state index contributed by atoms with van der Waals surface area (Å²) in [6, 6.07) is 5.00. The highest BCUT2D eigenvalue weighted by Gasteiger charge is 2.45. The molecule has 2 fully saturated rings. The first-order valence-electron chi connectivity index (χ1n) is 7.99. The predicted molar refractivity (Wildman–Crippen MR) is 90.2 cm³/mol. The fraction of sp³-hybridized carbons (Fsp3) is 0.438. The SMILES string of the molecule is C=CC(=O)NC1CC2CN(S(=O)(=O)c3ccc([N+](=O)[O-])cc3)CC2C1. The summed E-state index contributed by atoms with van der Waals surface area (Å²) in [7, 11) is -3.66. The van der Waals surface area contributed by atoms with E-state index in [0.717, 1.165) is 12.8 Å². The molecule has 2 unspecified atom stereocenters. The lowest BCUT2D eigenvalue weighted by Gasteiger charge is -2.19. The lowest BCUT2D eigenvalue weighted by molar-refractivity contribution is -0.384. The molecule has 0 bridgehead atoms. The topological polar surface area (TPSA) is 110 Å². The van der Waals surface area contributed by atoms with E-state index in [-0.39, 0.29) is 34.4 Å². The zero-order valence-electron chi connectivity index (χ0n) is 13.5. The smallest absolute Gasteiger partial charge is 0.269 e. The Hall–Kier alpha value is -2.26. The summed E-state index contributed by atoms with van der Waals surface area (Å²) in [5.41, 5.74) is -0.141. The van der Waals surface area contributed by atoms with Crippen LogP contribution in [-0.2, 0) is 14.8 Å². The largest absolute Gasteiger partial charge is 0.350 e. The first kappa shape index (κ1) is 17.6. The van der Waals surface area contributed by atoms with Gasteiger partial charge in [-0.15, -0.1) is 0 Å². The van der Waals surface area contributed by atoms with Crippen molar-refractivity contribution in [2.75, 3.05) is 13.1 Å². The van der Waals surface area contributed by atoms with E-state index >= 15 is 0 Å². The maximum atomic E-state index is 12.7. The number of nitrogens with zero attached hydrogens (tertiary/aromatic N) is 2. The summed E-state index contributed by atoms with van der Waals surface area (Å²) in [5, 5.41) is 13.6. The molecule has 2 aliphatic rings. The summed E-state index contributed by atoms with van der Waals surface area (Å²) in [6.07, 6.45) is 2.73. The van der Waals surface area contributed by atoms with Gasteiger partial charge in [0.15, 0.2) is 0 Å². The molecule has 0 spiro atoms. The van der Waals surface area contributed by atoms with Crippen molar-refractivity contribution in [1.29, 1.82) is 0 Å². The Morgan fingerprint density at radius 1 is 1.24 bits per heavy atom. The van der Waals surface area contributed by atoms with Gasteiger partial charge in [0.25, 0.3) is 5.69 Å². The van der Waals surface area contributed by atoms with Crippen LogP contribution in [0.1, 0.15) is 12.8 Å². The molecule has 8 nitrogen and oxygen atoms in total. The van der Waals surface area contributed by atoms with Crippen molar-refractivity contribution >= 4 is 21.6 Å². The maximum absolute atomic E-state index is 12.7. The molecule has 9 heteroatoms. The van der Waals surface area contributed by atoms with Crippen LogP contribution in [0.5, 0.6) is 0 Å². The Balaban J connectivity index is 1.67. The van der Waals surface area contributed by atoms with Crippen LogP contribution in [0.2, 0.25) is 0 Å². The quantitative estimate of drug-likeness (QED) is 0.480. The second-order valence-corrected chi connectivity index (χ2v) is 8.41. The zero-order valence-corrected chi connectivity index (χ0v) is 14.3. The molecular weight excluding hydrogens is 346 g/mol. The van der Waals surface area contributed by atoms with Crippen molar-refractivity contribution in [2.24, 2.45) is 11.8 Å². The van der Waals surface area contributed by atoms with Crippen LogP contribution in [0.15, 0.2) is 41.8 Å². The molecule has 2 atom stereocenters. The first-order valence-corrected chi connectivity index (χ1v) is 9.43. The van der Waals surface area contributed by atoms with Gasteiger partial charge in [0.1, 0.15) is 0 Å². The highest BCUT2D eigenvalue weighted by Crippen LogP contribution is 2.40. The Bertz CT molecular complexity index is 792. The van der Waals surface area contributed by atoms with Gasteiger partial charge in [0.2, 0.25) is 15.9 Å². The molecule has 134 valence electrons. The number of hydrogen-bond donors (Lipinski definition) is 1. The van der Waals surface area contributed by atoms with Gasteiger partial charge in [-0.3, -0.25) is 14.9 Å². The molecule has 1 saturated carbocycles. The monoisotopic (exact) mass is 365 g/mol. The Morgan fingerprint density at radius 2 is 1.80 bits per heavy atom. The molecule has 1 aliphatic carbocycles. The van der Waals surface area contributed by atoms with E-state index < -0.39 is 14.9 Å². The molecule has 1 amide bonds. The van der Waals surface area contributed by atoms with Crippen LogP contribution in [0.3, 0.4) is 0 Å². The third-order valence-corrected chi connectivity index (χ3v) is 6.78. The number of hydrogen-bond acceptors (Lipinski definition) is 5. The second kappa shape index (κ2) is 6.57. The number of benzene rings is 1. The summed E-state index contributed by atoms with van der Waals surface area (Å²) in [6.45, 7) is 4.24. The van der Waals surface area contributed by atoms with Gasteiger partial charge in [-0.2, -0.15) is 4.31 Å². The molecule has 1 heterocycles. The van der Waals surface area contributed by atoms with Gasteiger partial charge < -0.3 is 5.32 Å².